The number of esters is 1. The van der Waals surface area contributed by atoms with Crippen molar-refractivity contribution in [2.45, 2.75) is 19.9 Å². The van der Waals surface area contributed by atoms with E-state index in [4.69, 9.17) is 9.47 Å². The summed E-state index contributed by atoms with van der Waals surface area (Å²) in [4.78, 5) is 25.4. The van der Waals surface area contributed by atoms with Crippen LogP contribution >= 0.6 is 0 Å². The molecule has 1 aliphatic heterocycles. The summed E-state index contributed by atoms with van der Waals surface area (Å²) in [7, 11) is 1.30. The summed E-state index contributed by atoms with van der Waals surface area (Å²) in [6.45, 7) is 4.57. The molecule has 0 unspecified atom stereocenters. The van der Waals surface area contributed by atoms with Crippen molar-refractivity contribution in [2.75, 3.05) is 26.9 Å². The van der Waals surface area contributed by atoms with Gasteiger partial charge in [-0.3, -0.25) is 9.59 Å². The number of hydrogen-bond acceptors (Lipinski definition) is 5. The Kier molecular flexibility index (Phi) is 4.67. The van der Waals surface area contributed by atoms with Crippen LogP contribution in [-0.2, 0) is 9.53 Å². The van der Waals surface area contributed by atoms with Crippen molar-refractivity contribution in [2.24, 2.45) is 0 Å². The molecule has 0 spiro atoms. The number of benzene rings is 1. The second-order valence-electron chi connectivity index (χ2n) is 4.96. The molecule has 0 atom stereocenters. The molecule has 1 amide bonds. The van der Waals surface area contributed by atoms with Crippen LogP contribution in [0, 0.1) is 0 Å². The van der Waals surface area contributed by atoms with Crippen molar-refractivity contribution in [1.82, 2.24) is 4.90 Å². The van der Waals surface area contributed by atoms with E-state index < -0.39 is 5.97 Å². The fourth-order valence-electron chi connectivity index (χ4n) is 2.03. The SMILES string of the molecule is COC(=O)CN(C(=O)c1ccc2c(c1)OCCO2)C(C)C. The molecule has 0 N–H and O–H groups in total. The highest BCUT2D eigenvalue weighted by Crippen LogP contribution is 2.31. The molecule has 0 aliphatic carbocycles. The lowest BCUT2D eigenvalue weighted by atomic mass is 10.1. The van der Waals surface area contributed by atoms with Crippen LogP contribution in [0.4, 0.5) is 0 Å². The first kappa shape index (κ1) is 15.2. The van der Waals surface area contributed by atoms with Gasteiger partial charge in [-0.25, -0.2) is 0 Å². The van der Waals surface area contributed by atoms with Crippen molar-refractivity contribution in [3.63, 3.8) is 0 Å². The third-order valence-electron chi connectivity index (χ3n) is 3.20. The third kappa shape index (κ3) is 3.45. The molecule has 114 valence electrons. The zero-order chi connectivity index (χ0) is 15.4. The van der Waals surface area contributed by atoms with E-state index in [2.05, 4.69) is 4.74 Å². The molecule has 21 heavy (non-hydrogen) atoms. The summed E-state index contributed by atoms with van der Waals surface area (Å²) >= 11 is 0. The first-order chi connectivity index (χ1) is 10.0. The molecule has 0 saturated carbocycles. The lowest BCUT2D eigenvalue weighted by molar-refractivity contribution is -0.141. The van der Waals surface area contributed by atoms with Gasteiger partial charge in [-0.2, -0.15) is 0 Å². The van der Waals surface area contributed by atoms with Crippen LogP contribution in [0.1, 0.15) is 24.2 Å². The van der Waals surface area contributed by atoms with Crippen LogP contribution in [0.2, 0.25) is 0 Å². The van der Waals surface area contributed by atoms with E-state index in [-0.39, 0.29) is 18.5 Å². The zero-order valence-electron chi connectivity index (χ0n) is 12.4. The van der Waals surface area contributed by atoms with Gasteiger partial charge in [0.05, 0.1) is 7.11 Å². The molecule has 1 aromatic carbocycles. The topological polar surface area (TPSA) is 65.1 Å². The maximum Gasteiger partial charge on any atom is 0.325 e. The summed E-state index contributed by atoms with van der Waals surface area (Å²) in [5, 5.41) is 0. The van der Waals surface area contributed by atoms with Crippen LogP contribution in [0.3, 0.4) is 0 Å². The second kappa shape index (κ2) is 6.47. The van der Waals surface area contributed by atoms with Gasteiger partial charge in [0.15, 0.2) is 11.5 Å². The predicted octanol–water partition coefficient (Wildman–Crippen LogP) is 1.48. The number of carbonyl (C=O) groups is 2. The van der Waals surface area contributed by atoms with E-state index in [1.165, 1.54) is 12.0 Å². The Morgan fingerprint density at radius 3 is 2.52 bits per heavy atom. The minimum atomic E-state index is -0.449. The number of methoxy groups -OCH3 is 1. The van der Waals surface area contributed by atoms with Crippen molar-refractivity contribution in [3.8, 4) is 11.5 Å². The molecular formula is C15H19NO5. The number of ether oxygens (including phenoxy) is 3. The van der Waals surface area contributed by atoms with Crippen LogP contribution in [-0.4, -0.2) is 49.7 Å². The van der Waals surface area contributed by atoms with Gasteiger partial charge < -0.3 is 19.1 Å². The summed E-state index contributed by atoms with van der Waals surface area (Å²) in [6.07, 6.45) is 0. The highest BCUT2D eigenvalue weighted by atomic mass is 16.6. The van der Waals surface area contributed by atoms with Gasteiger partial charge in [0.25, 0.3) is 5.91 Å². The first-order valence-corrected chi connectivity index (χ1v) is 6.80. The second-order valence-corrected chi connectivity index (χ2v) is 4.96. The van der Waals surface area contributed by atoms with Crippen molar-refractivity contribution < 1.29 is 23.8 Å². The molecule has 1 heterocycles. The van der Waals surface area contributed by atoms with Gasteiger partial charge >= 0.3 is 5.97 Å². The molecule has 2 rings (SSSR count). The van der Waals surface area contributed by atoms with E-state index in [0.29, 0.717) is 30.3 Å². The summed E-state index contributed by atoms with van der Waals surface area (Å²) < 4.78 is 15.5. The predicted molar refractivity (Wildman–Crippen MR) is 75.6 cm³/mol. The van der Waals surface area contributed by atoms with Gasteiger partial charge in [-0.1, -0.05) is 0 Å². The van der Waals surface area contributed by atoms with Crippen molar-refractivity contribution >= 4 is 11.9 Å². The fourth-order valence-corrected chi connectivity index (χ4v) is 2.03. The zero-order valence-corrected chi connectivity index (χ0v) is 12.4. The maximum absolute atomic E-state index is 12.5. The fraction of sp³-hybridized carbons (Fsp3) is 0.467. The monoisotopic (exact) mass is 293 g/mol. The summed E-state index contributed by atoms with van der Waals surface area (Å²) in [5.41, 5.74) is 0.455. The average molecular weight is 293 g/mol. The Morgan fingerprint density at radius 1 is 1.24 bits per heavy atom. The number of nitrogens with zero attached hydrogens (tertiary/aromatic N) is 1. The van der Waals surface area contributed by atoms with Gasteiger partial charge in [-0.05, 0) is 32.0 Å². The molecule has 6 heteroatoms. The number of hydrogen-bond donors (Lipinski definition) is 0. The number of carbonyl (C=O) groups excluding carboxylic acids is 2. The van der Waals surface area contributed by atoms with E-state index in [1.807, 2.05) is 13.8 Å². The Bertz CT molecular complexity index is 541. The molecule has 1 aromatic rings. The molecule has 1 aliphatic rings. The summed E-state index contributed by atoms with van der Waals surface area (Å²) in [6, 6.07) is 4.90. The molecule has 0 fully saturated rings. The van der Waals surface area contributed by atoms with Crippen LogP contribution < -0.4 is 9.47 Å². The van der Waals surface area contributed by atoms with Crippen LogP contribution in [0.5, 0.6) is 11.5 Å². The smallest absolute Gasteiger partial charge is 0.325 e. The number of amides is 1. The first-order valence-electron chi connectivity index (χ1n) is 6.80. The Labute approximate surface area is 123 Å². The Balaban J connectivity index is 2.22. The lowest BCUT2D eigenvalue weighted by Crippen LogP contribution is -2.41. The highest BCUT2D eigenvalue weighted by molar-refractivity contribution is 5.96. The minimum absolute atomic E-state index is 0.0819. The Hall–Kier alpha value is -2.24. The molecule has 0 bridgehead atoms. The van der Waals surface area contributed by atoms with Gasteiger partial charge in [-0.15, -0.1) is 0 Å². The quantitative estimate of drug-likeness (QED) is 0.787. The third-order valence-corrected chi connectivity index (χ3v) is 3.20. The van der Waals surface area contributed by atoms with Gasteiger partial charge in [0.2, 0.25) is 0 Å². The van der Waals surface area contributed by atoms with Crippen molar-refractivity contribution in [1.29, 1.82) is 0 Å². The van der Waals surface area contributed by atoms with Gasteiger partial charge in [0, 0.05) is 11.6 Å². The molecular weight excluding hydrogens is 274 g/mol. The summed E-state index contributed by atoms with van der Waals surface area (Å²) in [5.74, 6) is 0.484. The van der Waals surface area contributed by atoms with Crippen LogP contribution in [0.15, 0.2) is 18.2 Å². The maximum atomic E-state index is 12.5. The van der Waals surface area contributed by atoms with Crippen LogP contribution in [0.25, 0.3) is 0 Å². The molecule has 0 aromatic heterocycles. The normalized spacial score (nSPS) is 13.0. The molecule has 6 nitrogen and oxygen atoms in total. The van der Waals surface area contributed by atoms with Gasteiger partial charge in [0.1, 0.15) is 19.8 Å². The number of fused-ring (bicyclic) bond motifs is 1. The Morgan fingerprint density at radius 2 is 1.90 bits per heavy atom. The van der Waals surface area contributed by atoms with E-state index in [0.717, 1.165) is 0 Å². The lowest BCUT2D eigenvalue weighted by Gasteiger charge is -2.26. The minimum Gasteiger partial charge on any atom is -0.486 e. The largest absolute Gasteiger partial charge is 0.486 e. The average Bonchev–Trinajstić information content (AvgIpc) is 2.50. The number of rotatable bonds is 4. The standard InChI is InChI=1S/C15H19NO5/c1-10(2)16(9-14(17)19-3)15(18)11-4-5-12-13(8-11)21-7-6-20-12/h4-5,8,10H,6-7,9H2,1-3H3. The van der Waals surface area contributed by atoms with E-state index in [9.17, 15) is 9.59 Å². The molecule has 0 saturated heterocycles. The van der Waals surface area contributed by atoms with E-state index in [1.54, 1.807) is 18.2 Å². The van der Waals surface area contributed by atoms with E-state index >= 15 is 0 Å². The highest BCUT2D eigenvalue weighted by Gasteiger charge is 2.23. The van der Waals surface area contributed by atoms with Crippen molar-refractivity contribution in [3.05, 3.63) is 23.8 Å². The molecule has 0 radical (unpaired) electrons.